The highest BCUT2D eigenvalue weighted by molar-refractivity contribution is 6.12. The van der Waals surface area contributed by atoms with Crippen molar-refractivity contribution in [3.8, 4) is 40.1 Å². The van der Waals surface area contributed by atoms with Crippen LogP contribution in [0.25, 0.3) is 106 Å². The number of hydrogen-bond donors (Lipinski definition) is 0. The Morgan fingerprint density at radius 1 is 0.298 bits per heavy atom. The topological polar surface area (TPSA) is 53.5 Å². The quantitative estimate of drug-likeness (QED) is 0.177. The Balaban J connectivity index is 1.14. The molecular weight excluding hydrogens is 697 g/mol. The van der Waals surface area contributed by atoms with Crippen molar-refractivity contribution in [1.82, 2.24) is 28.7 Å². The lowest BCUT2D eigenvalue weighted by Crippen LogP contribution is -2.07. The third-order valence-corrected chi connectivity index (χ3v) is 11.3. The van der Waals surface area contributed by atoms with Crippen LogP contribution < -0.4 is 0 Å². The predicted octanol–water partition coefficient (Wildman–Crippen LogP) is 12.5. The normalized spacial score (nSPS) is 11.9. The van der Waals surface area contributed by atoms with Gasteiger partial charge >= 0.3 is 0 Å². The number of rotatable bonds is 5. The second kappa shape index (κ2) is 12.3. The summed E-state index contributed by atoms with van der Waals surface area (Å²) in [6, 6.07) is 68.4. The maximum Gasteiger partial charge on any atom is 0.238 e. The summed E-state index contributed by atoms with van der Waals surface area (Å²) in [5, 5.41) is 7.14. The zero-order valence-electron chi connectivity index (χ0n) is 30.7. The van der Waals surface area contributed by atoms with Crippen LogP contribution in [0.4, 0.5) is 0 Å². The molecule has 4 heterocycles. The van der Waals surface area contributed by atoms with Gasteiger partial charge in [-0.2, -0.15) is 9.97 Å². The maximum atomic E-state index is 5.35. The van der Waals surface area contributed by atoms with Crippen LogP contribution >= 0.6 is 0 Å². The molecule has 12 rings (SSSR count). The lowest BCUT2D eigenvalue weighted by molar-refractivity contribution is 0.951. The molecule has 8 aromatic carbocycles. The number of aromatic nitrogens is 6. The minimum Gasteiger partial charge on any atom is -0.309 e. The predicted molar refractivity (Wildman–Crippen MR) is 234 cm³/mol. The van der Waals surface area contributed by atoms with E-state index in [9.17, 15) is 0 Å². The summed E-state index contributed by atoms with van der Waals surface area (Å²) in [6.45, 7) is 0. The highest BCUT2D eigenvalue weighted by atomic mass is 15.2. The van der Waals surface area contributed by atoms with Gasteiger partial charge in [-0.05, 0) is 54.6 Å². The number of hydrogen-bond acceptors (Lipinski definition) is 3. The van der Waals surface area contributed by atoms with Gasteiger partial charge in [-0.15, -0.1) is 0 Å². The second-order valence-corrected chi connectivity index (χ2v) is 14.5. The van der Waals surface area contributed by atoms with Crippen molar-refractivity contribution >= 4 is 65.4 Å². The fraction of sp³-hybridized carbons (Fsp3) is 0. The van der Waals surface area contributed by atoms with Crippen LogP contribution in [0.5, 0.6) is 0 Å². The van der Waals surface area contributed by atoms with Gasteiger partial charge in [0, 0.05) is 49.1 Å². The summed E-state index contributed by atoms with van der Waals surface area (Å²) in [6.07, 6.45) is 0. The molecule has 4 aromatic heterocycles. The summed E-state index contributed by atoms with van der Waals surface area (Å²) in [7, 11) is 0. The lowest BCUT2D eigenvalue weighted by Gasteiger charge is -2.16. The van der Waals surface area contributed by atoms with Crippen LogP contribution in [0.3, 0.4) is 0 Å². The van der Waals surface area contributed by atoms with Crippen molar-refractivity contribution in [3.63, 3.8) is 0 Å². The molecule has 0 aliphatic carbocycles. The first-order valence-electron chi connectivity index (χ1n) is 19.2. The number of para-hydroxylation sites is 6. The second-order valence-electron chi connectivity index (χ2n) is 14.5. The molecule has 12 aromatic rings. The molecule has 0 saturated carbocycles. The van der Waals surface area contributed by atoms with Crippen molar-refractivity contribution in [3.05, 3.63) is 194 Å². The SMILES string of the molecule is c1ccc(-c2nc(-c3ccccc3-n3c4ccccc4c4ccc(-n5c6ccccc6c6ccccc65)cc43)nc(-n3c4ccccc4c4ccccc43)n2)cc1. The molecule has 0 N–H and O–H groups in total. The van der Waals surface area contributed by atoms with E-state index in [0.29, 0.717) is 17.6 Å². The van der Waals surface area contributed by atoms with E-state index in [1.54, 1.807) is 0 Å². The van der Waals surface area contributed by atoms with E-state index in [1.165, 1.54) is 32.6 Å². The molecule has 266 valence electrons. The first-order chi connectivity index (χ1) is 28.3. The van der Waals surface area contributed by atoms with E-state index in [2.05, 4.69) is 190 Å². The fourth-order valence-corrected chi connectivity index (χ4v) is 8.86. The molecule has 0 radical (unpaired) electrons. The van der Waals surface area contributed by atoms with Crippen molar-refractivity contribution in [2.75, 3.05) is 0 Å². The third kappa shape index (κ3) is 4.74. The van der Waals surface area contributed by atoms with Gasteiger partial charge in [0.1, 0.15) is 0 Å². The van der Waals surface area contributed by atoms with E-state index in [0.717, 1.165) is 55.3 Å². The standard InChI is InChI=1S/C51H32N6/c1-2-16-33(17-3-1)49-52-50(54-51(53-49)57-45-27-13-7-20-37(45)38-21-8-14-28-46(38)57)41-23-9-15-29-47(41)56-44-26-12-6-22-39(44)40-31-30-34(32-48(40)56)55-42-24-10-4-18-35(42)36-19-5-11-25-43(36)55/h1-32H. The van der Waals surface area contributed by atoms with Crippen molar-refractivity contribution in [2.24, 2.45) is 0 Å². The Kier molecular flexibility index (Phi) is 6.83. The van der Waals surface area contributed by atoms with Gasteiger partial charge in [0.05, 0.1) is 38.8 Å². The average Bonchev–Trinajstić information content (AvgIpc) is 3.92. The zero-order valence-corrected chi connectivity index (χ0v) is 30.7. The third-order valence-electron chi connectivity index (χ3n) is 11.3. The molecule has 6 heteroatoms. The summed E-state index contributed by atoms with van der Waals surface area (Å²) in [5.41, 5.74) is 10.6. The molecular formula is C51H32N6. The van der Waals surface area contributed by atoms with E-state index in [4.69, 9.17) is 15.0 Å². The van der Waals surface area contributed by atoms with E-state index in [-0.39, 0.29) is 0 Å². The first-order valence-corrected chi connectivity index (χ1v) is 19.2. The van der Waals surface area contributed by atoms with Gasteiger partial charge in [0.2, 0.25) is 5.95 Å². The lowest BCUT2D eigenvalue weighted by atomic mass is 10.1. The van der Waals surface area contributed by atoms with Gasteiger partial charge < -0.3 is 9.13 Å². The minimum absolute atomic E-state index is 0.571. The molecule has 0 spiro atoms. The Morgan fingerprint density at radius 3 is 1.32 bits per heavy atom. The summed E-state index contributed by atoms with van der Waals surface area (Å²) in [5.74, 6) is 1.78. The van der Waals surface area contributed by atoms with E-state index in [1.807, 2.05) is 18.2 Å². The summed E-state index contributed by atoms with van der Waals surface area (Å²) in [4.78, 5) is 15.8. The highest BCUT2D eigenvalue weighted by Gasteiger charge is 2.22. The largest absolute Gasteiger partial charge is 0.309 e. The number of fused-ring (bicyclic) bond motifs is 9. The highest BCUT2D eigenvalue weighted by Crippen LogP contribution is 2.39. The molecule has 0 unspecified atom stereocenters. The van der Waals surface area contributed by atoms with Crippen molar-refractivity contribution in [1.29, 1.82) is 0 Å². The van der Waals surface area contributed by atoms with Gasteiger partial charge in [-0.25, -0.2) is 4.98 Å². The van der Waals surface area contributed by atoms with Gasteiger partial charge in [-0.1, -0.05) is 140 Å². The van der Waals surface area contributed by atoms with Crippen LogP contribution in [-0.2, 0) is 0 Å². The van der Waals surface area contributed by atoms with Crippen LogP contribution in [0, 0.1) is 0 Å². The van der Waals surface area contributed by atoms with E-state index < -0.39 is 0 Å². The molecule has 0 amide bonds. The zero-order chi connectivity index (χ0) is 37.5. The van der Waals surface area contributed by atoms with Gasteiger partial charge in [0.15, 0.2) is 11.6 Å². The Bertz CT molecular complexity index is 3430. The van der Waals surface area contributed by atoms with Crippen molar-refractivity contribution in [2.45, 2.75) is 0 Å². The number of benzene rings is 8. The summed E-state index contributed by atoms with van der Waals surface area (Å²) < 4.78 is 6.93. The smallest absolute Gasteiger partial charge is 0.238 e. The molecule has 0 saturated heterocycles. The molecule has 57 heavy (non-hydrogen) atoms. The Hall–Kier alpha value is -7.83. The molecule has 0 fully saturated rings. The molecule has 0 aliphatic heterocycles. The molecule has 0 bridgehead atoms. The van der Waals surface area contributed by atoms with Crippen LogP contribution in [0.2, 0.25) is 0 Å². The van der Waals surface area contributed by atoms with Crippen LogP contribution in [-0.4, -0.2) is 28.7 Å². The Morgan fingerprint density at radius 2 is 0.737 bits per heavy atom. The minimum atomic E-state index is 0.571. The molecule has 6 nitrogen and oxygen atoms in total. The van der Waals surface area contributed by atoms with E-state index >= 15 is 0 Å². The first kappa shape index (κ1) is 31.5. The number of nitrogens with zero attached hydrogens (tertiary/aromatic N) is 6. The fourth-order valence-electron chi connectivity index (χ4n) is 8.86. The maximum absolute atomic E-state index is 5.35. The van der Waals surface area contributed by atoms with Crippen molar-refractivity contribution < 1.29 is 0 Å². The van der Waals surface area contributed by atoms with Gasteiger partial charge in [0.25, 0.3) is 0 Å². The molecule has 0 aliphatic rings. The monoisotopic (exact) mass is 728 g/mol. The molecule has 0 atom stereocenters. The van der Waals surface area contributed by atoms with Crippen LogP contribution in [0.1, 0.15) is 0 Å². The summed E-state index contributed by atoms with van der Waals surface area (Å²) >= 11 is 0. The Labute approximate surface area is 327 Å². The average molecular weight is 729 g/mol. The van der Waals surface area contributed by atoms with Crippen LogP contribution in [0.15, 0.2) is 194 Å². The van der Waals surface area contributed by atoms with Gasteiger partial charge in [-0.3, -0.25) is 4.57 Å².